The summed E-state index contributed by atoms with van der Waals surface area (Å²) in [6, 6.07) is 19.7. The van der Waals surface area contributed by atoms with Crippen LogP contribution < -0.4 is 15.4 Å². The van der Waals surface area contributed by atoms with Gasteiger partial charge < -0.3 is 10.6 Å². The molecule has 2 aromatic carbocycles. The third-order valence-electron chi connectivity index (χ3n) is 5.26. The summed E-state index contributed by atoms with van der Waals surface area (Å²) in [5, 5.41) is 6.65. The molecule has 8 heteroatoms. The van der Waals surface area contributed by atoms with Gasteiger partial charge in [-0.3, -0.25) is 9.89 Å². The quantitative estimate of drug-likeness (QED) is 0.338. The van der Waals surface area contributed by atoms with E-state index in [1.165, 1.54) is 5.56 Å². The molecule has 0 aromatic heterocycles. The lowest BCUT2D eigenvalue weighted by Crippen LogP contribution is -2.46. The Morgan fingerprint density at radius 2 is 1.73 bits per heavy atom. The molecular weight excluding hydrogens is 398 g/mol. The number of sulfonamides is 1. The first-order valence-corrected chi connectivity index (χ1v) is 11.8. The molecule has 0 bridgehead atoms. The maximum Gasteiger partial charge on any atom is 0.240 e. The molecule has 7 nitrogen and oxygen atoms in total. The molecule has 1 heterocycles. The number of guanidine groups is 1. The lowest BCUT2D eigenvalue weighted by Gasteiger charge is -2.21. The van der Waals surface area contributed by atoms with Gasteiger partial charge in [0.15, 0.2) is 5.96 Å². The van der Waals surface area contributed by atoms with Crippen molar-refractivity contribution in [3.05, 3.63) is 66.2 Å². The summed E-state index contributed by atoms with van der Waals surface area (Å²) in [6.45, 7) is 4.85. The lowest BCUT2D eigenvalue weighted by atomic mass is 10.2. The maximum atomic E-state index is 12.3. The first kappa shape index (κ1) is 22.3. The molecular formula is C22H31N5O2S. The number of aliphatic imine (C=N–C) groups is 1. The van der Waals surface area contributed by atoms with E-state index in [1.807, 2.05) is 6.07 Å². The average Bonchev–Trinajstić information content (AvgIpc) is 3.10. The van der Waals surface area contributed by atoms with E-state index in [0.29, 0.717) is 24.6 Å². The predicted molar refractivity (Wildman–Crippen MR) is 121 cm³/mol. The van der Waals surface area contributed by atoms with Gasteiger partial charge in [0.05, 0.1) is 4.90 Å². The number of likely N-dealkylation sites (tertiary alicyclic amines) is 1. The Kier molecular flexibility index (Phi) is 7.84. The van der Waals surface area contributed by atoms with Crippen molar-refractivity contribution >= 4 is 16.0 Å². The molecule has 2 aromatic rings. The minimum absolute atomic E-state index is 0.269. The van der Waals surface area contributed by atoms with Crippen molar-refractivity contribution in [3.63, 3.8) is 0 Å². The summed E-state index contributed by atoms with van der Waals surface area (Å²) in [6.07, 6.45) is 1.04. The number of hydrogen-bond donors (Lipinski definition) is 3. The predicted octanol–water partition coefficient (Wildman–Crippen LogP) is 1.79. The van der Waals surface area contributed by atoms with Crippen molar-refractivity contribution < 1.29 is 8.42 Å². The van der Waals surface area contributed by atoms with E-state index >= 15 is 0 Å². The van der Waals surface area contributed by atoms with Crippen LogP contribution in [0.4, 0.5) is 0 Å². The molecule has 162 valence electrons. The molecule has 1 aliphatic heterocycles. The topological polar surface area (TPSA) is 85.8 Å². The molecule has 0 spiro atoms. The van der Waals surface area contributed by atoms with Crippen LogP contribution in [-0.2, 0) is 16.6 Å². The van der Waals surface area contributed by atoms with Crippen LogP contribution in [0.1, 0.15) is 18.9 Å². The Balaban J connectivity index is 1.42. The Morgan fingerprint density at radius 1 is 1.07 bits per heavy atom. The van der Waals surface area contributed by atoms with E-state index in [2.05, 4.69) is 56.4 Å². The van der Waals surface area contributed by atoms with E-state index in [0.717, 1.165) is 19.5 Å². The number of hydrogen-bond acceptors (Lipinski definition) is 4. The smallest absolute Gasteiger partial charge is 0.240 e. The van der Waals surface area contributed by atoms with Crippen LogP contribution in [0.3, 0.4) is 0 Å². The second kappa shape index (κ2) is 10.6. The van der Waals surface area contributed by atoms with Gasteiger partial charge in [0.1, 0.15) is 0 Å². The molecule has 1 aliphatic rings. The Hall–Kier alpha value is -2.42. The van der Waals surface area contributed by atoms with Crippen LogP contribution in [-0.4, -0.2) is 58.0 Å². The fraction of sp³-hybridized carbons (Fsp3) is 0.409. The molecule has 2 atom stereocenters. The van der Waals surface area contributed by atoms with Gasteiger partial charge in [-0.1, -0.05) is 48.5 Å². The third-order valence-corrected chi connectivity index (χ3v) is 6.74. The highest BCUT2D eigenvalue weighted by atomic mass is 32.2. The van der Waals surface area contributed by atoms with E-state index < -0.39 is 10.0 Å². The zero-order chi connectivity index (χ0) is 21.4. The number of nitrogens with zero attached hydrogens (tertiary/aromatic N) is 2. The summed E-state index contributed by atoms with van der Waals surface area (Å²) in [5.74, 6) is 0.688. The molecule has 3 N–H and O–H groups in total. The molecule has 3 rings (SSSR count). The molecule has 1 fully saturated rings. The van der Waals surface area contributed by atoms with Crippen LogP contribution in [0.2, 0.25) is 0 Å². The van der Waals surface area contributed by atoms with Gasteiger partial charge in [0.25, 0.3) is 0 Å². The van der Waals surface area contributed by atoms with Crippen LogP contribution in [0, 0.1) is 0 Å². The third kappa shape index (κ3) is 6.29. The summed E-state index contributed by atoms with van der Waals surface area (Å²) in [5.41, 5.74) is 1.32. The average molecular weight is 430 g/mol. The minimum Gasteiger partial charge on any atom is -0.355 e. The number of rotatable bonds is 8. The van der Waals surface area contributed by atoms with E-state index in [4.69, 9.17) is 0 Å². The molecule has 1 saturated heterocycles. The standard InChI is InChI=1S/C22H31N5O2S/c1-18-15-20(17-27(18)16-19-9-5-3-6-10-19)26-22(23-2)24-13-14-25-30(28,29)21-11-7-4-8-12-21/h3-12,18,20,25H,13-17H2,1-2H3,(H2,23,24,26). The number of nitrogens with one attached hydrogen (secondary N) is 3. The second-order valence-electron chi connectivity index (χ2n) is 7.55. The van der Waals surface area contributed by atoms with Gasteiger partial charge in [-0.05, 0) is 31.0 Å². The largest absolute Gasteiger partial charge is 0.355 e. The molecule has 0 amide bonds. The van der Waals surface area contributed by atoms with Gasteiger partial charge in [-0.15, -0.1) is 0 Å². The first-order chi connectivity index (χ1) is 14.5. The highest BCUT2D eigenvalue weighted by Gasteiger charge is 2.29. The van der Waals surface area contributed by atoms with Crippen LogP contribution in [0.15, 0.2) is 70.6 Å². The first-order valence-electron chi connectivity index (χ1n) is 10.3. The summed E-state index contributed by atoms with van der Waals surface area (Å²) >= 11 is 0. The highest BCUT2D eigenvalue weighted by Crippen LogP contribution is 2.20. The van der Waals surface area contributed by atoms with Crippen LogP contribution in [0.5, 0.6) is 0 Å². The molecule has 2 unspecified atom stereocenters. The van der Waals surface area contributed by atoms with E-state index in [1.54, 1.807) is 37.4 Å². The van der Waals surface area contributed by atoms with Gasteiger partial charge >= 0.3 is 0 Å². The summed E-state index contributed by atoms with van der Waals surface area (Å²) in [4.78, 5) is 7.01. The molecule has 0 radical (unpaired) electrons. The van der Waals surface area contributed by atoms with Crippen LogP contribution >= 0.6 is 0 Å². The highest BCUT2D eigenvalue weighted by molar-refractivity contribution is 7.89. The van der Waals surface area contributed by atoms with Crippen molar-refractivity contribution in [1.82, 2.24) is 20.3 Å². The van der Waals surface area contributed by atoms with Crippen LogP contribution in [0.25, 0.3) is 0 Å². The lowest BCUT2D eigenvalue weighted by molar-refractivity contribution is 0.258. The zero-order valence-corrected chi connectivity index (χ0v) is 18.4. The maximum absolute atomic E-state index is 12.3. The SMILES string of the molecule is CN=C(NCCNS(=O)(=O)c1ccccc1)NC1CC(C)N(Cc2ccccc2)C1. The normalized spacial score (nSPS) is 20.3. The fourth-order valence-electron chi connectivity index (χ4n) is 3.68. The van der Waals surface area contributed by atoms with Crippen molar-refractivity contribution in [2.75, 3.05) is 26.7 Å². The Bertz CT molecular complexity index is 919. The monoisotopic (exact) mass is 429 g/mol. The van der Waals surface area contributed by atoms with E-state index in [9.17, 15) is 8.42 Å². The summed E-state index contributed by atoms with van der Waals surface area (Å²) < 4.78 is 27.1. The number of benzene rings is 2. The fourth-order valence-corrected chi connectivity index (χ4v) is 4.73. The van der Waals surface area contributed by atoms with Crippen molar-refractivity contribution in [3.8, 4) is 0 Å². The summed E-state index contributed by atoms with van der Waals surface area (Å²) in [7, 11) is -1.76. The van der Waals surface area contributed by atoms with Gasteiger partial charge in [0.2, 0.25) is 10.0 Å². The van der Waals surface area contributed by atoms with Gasteiger partial charge in [0, 0.05) is 45.3 Å². The van der Waals surface area contributed by atoms with Crippen molar-refractivity contribution in [1.29, 1.82) is 0 Å². The van der Waals surface area contributed by atoms with Crippen molar-refractivity contribution in [2.24, 2.45) is 4.99 Å². The van der Waals surface area contributed by atoms with Gasteiger partial charge in [-0.25, -0.2) is 13.1 Å². The van der Waals surface area contributed by atoms with E-state index in [-0.39, 0.29) is 11.4 Å². The second-order valence-corrected chi connectivity index (χ2v) is 9.32. The van der Waals surface area contributed by atoms with Gasteiger partial charge in [-0.2, -0.15) is 0 Å². The molecule has 0 aliphatic carbocycles. The minimum atomic E-state index is -3.49. The zero-order valence-electron chi connectivity index (χ0n) is 17.6. The van der Waals surface area contributed by atoms with Crippen molar-refractivity contribution in [2.45, 2.75) is 36.9 Å². The molecule has 0 saturated carbocycles. The Labute approximate surface area is 179 Å². The Morgan fingerprint density at radius 3 is 2.40 bits per heavy atom. The molecule has 30 heavy (non-hydrogen) atoms.